The maximum Gasteiger partial charge on any atom is 0.227 e. The normalized spacial score (nSPS) is 16.1. The lowest BCUT2D eigenvalue weighted by Gasteiger charge is -2.26. The van der Waals surface area contributed by atoms with E-state index in [2.05, 4.69) is 0 Å². The second-order valence-electron chi connectivity index (χ2n) is 4.59. The van der Waals surface area contributed by atoms with Gasteiger partial charge in [-0.1, -0.05) is 29.8 Å². The lowest BCUT2D eigenvalue weighted by atomic mass is 10.1. The van der Waals surface area contributed by atoms with Crippen LogP contribution in [0.4, 0.5) is 0 Å². The van der Waals surface area contributed by atoms with E-state index in [1.54, 1.807) is 4.90 Å². The first-order valence-corrected chi connectivity index (χ1v) is 6.00. The van der Waals surface area contributed by atoms with Gasteiger partial charge in [0.2, 0.25) is 5.91 Å². The van der Waals surface area contributed by atoms with Gasteiger partial charge in [0.1, 0.15) is 5.78 Å². The Bertz CT molecular complexity index is 430. The van der Waals surface area contributed by atoms with Crippen molar-refractivity contribution in [1.82, 2.24) is 4.90 Å². The van der Waals surface area contributed by atoms with E-state index in [0.717, 1.165) is 5.56 Å². The molecule has 0 atom stereocenters. The number of carbonyl (C=O) groups is 2. The van der Waals surface area contributed by atoms with E-state index in [-0.39, 0.29) is 11.7 Å². The minimum atomic E-state index is 0.128. The first kappa shape index (κ1) is 11.8. The van der Waals surface area contributed by atoms with Crippen LogP contribution in [0.3, 0.4) is 0 Å². The third-order valence-corrected chi connectivity index (χ3v) is 3.11. The van der Waals surface area contributed by atoms with Crippen LogP contribution in [0.25, 0.3) is 0 Å². The van der Waals surface area contributed by atoms with Gasteiger partial charge in [0.25, 0.3) is 0 Å². The van der Waals surface area contributed by atoms with Gasteiger partial charge in [-0.25, -0.2) is 0 Å². The maximum absolute atomic E-state index is 12.0. The summed E-state index contributed by atoms with van der Waals surface area (Å²) in [7, 11) is 0. The van der Waals surface area contributed by atoms with Crippen molar-refractivity contribution in [3.63, 3.8) is 0 Å². The summed E-state index contributed by atoms with van der Waals surface area (Å²) in [6, 6.07) is 8.00. The van der Waals surface area contributed by atoms with Gasteiger partial charge in [0, 0.05) is 25.9 Å². The molecule has 1 saturated heterocycles. The van der Waals surface area contributed by atoms with Crippen LogP contribution in [0.5, 0.6) is 0 Å². The molecule has 0 bridgehead atoms. The Labute approximate surface area is 101 Å². The van der Waals surface area contributed by atoms with Crippen molar-refractivity contribution in [2.45, 2.75) is 26.2 Å². The van der Waals surface area contributed by atoms with Crippen LogP contribution in [0, 0.1) is 6.92 Å². The minimum Gasteiger partial charge on any atom is -0.342 e. The van der Waals surface area contributed by atoms with E-state index in [1.165, 1.54) is 5.56 Å². The number of piperidine rings is 1. The Morgan fingerprint density at radius 2 is 2.00 bits per heavy atom. The number of aryl methyl sites for hydroxylation is 1. The zero-order chi connectivity index (χ0) is 12.3. The van der Waals surface area contributed by atoms with Crippen LogP contribution in [0.1, 0.15) is 24.0 Å². The van der Waals surface area contributed by atoms with Crippen molar-refractivity contribution in [3.8, 4) is 0 Å². The van der Waals surface area contributed by atoms with Crippen molar-refractivity contribution in [1.29, 1.82) is 0 Å². The number of nitrogens with zero attached hydrogens (tertiary/aromatic N) is 1. The highest BCUT2D eigenvalue weighted by atomic mass is 16.2. The van der Waals surface area contributed by atoms with Crippen LogP contribution in [-0.2, 0) is 16.0 Å². The lowest BCUT2D eigenvalue weighted by molar-refractivity contribution is -0.133. The largest absolute Gasteiger partial charge is 0.342 e. The van der Waals surface area contributed by atoms with Crippen LogP contribution < -0.4 is 0 Å². The van der Waals surface area contributed by atoms with Gasteiger partial charge in [-0.3, -0.25) is 9.59 Å². The predicted molar refractivity (Wildman–Crippen MR) is 65.7 cm³/mol. The average Bonchev–Trinajstić information content (AvgIpc) is 2.29. The summed E-state index contributed by atoms with van der Waals surface area (Å²) in [6.45, 7) is 3.19. The number of likely N-dealkylation sites (tertiary alicyclic amines) is 1. The molecule has 1 aromatic rings. The standard InChI is InChI=1S/C14H17NO2/c1-11-3-2-4-12(9-11)10-14(17)15-7-5-13(16)6-8-15/h2-4,9H,5-8,10H2,1H3. The zero-order valence-electron chi connectivity index (χ0n) is 10.1. The van der Waals surface area contributed by atoms with E-state index in [0.29, 0.717) is 32.4 Å². The Morgan fingerprint density at radius 3 is 2.65 bits per heavy atom. The monoisotopic (exact) mass is 231 g/mol. The molecule has 0 aliphatic carbocycles. The van der Waals surface area contributed by atoms with Crippen molar-refractivity contribution < 1.29 is 9.59 Å². The molecule has 3 heteroatoms. The van der Waals surface area contributed by atoms with Gasteiger partial charge in [-0.15, -0.1) is 0 Å². The summed E-state index contributed by atoms with van der Waals surface area (Å²) in [5.74, 6) is 0.396. The van der Waals surface area contributed by atoms with Crippen LogP contribution in [0.2, 0.25) is 0 Å². The summed E-state index contributed by atoms with van der Waals surface area (Å²) in [4.78, 5) is 24.9. The van der Waals surface area contributed by atoms with Crippen LogP contribution in [0.15, 0.2) is 24.3 Å². The highest BCUT2D eigenvalue weighted by Crippen LogP contribution is 2.10. The average molecular weight is 231 g/mol. The molecule has 17 heavy (non-hydrogen) atoms. The molecule has 1 aromatic carbocycles. The Balaban J connectivity index is 1.95. The highest BCUT2D eigenvalue weighted by molar-refractivity contribution is 5.84. The second-order valence-corrected chi connectivity index (χ2v) is 4.59. The molecule has 0 aromatic heterocycles. The van der Waals surface area contributed by atoms with Crippen molar-refractivity contribution >= 4 is 11.7 Å². The van der Waals surface area contributed by atoms with E-state index < -0.39 is 0 Å². The van der Waals surface area contributed by atoms with Gasteiger partial charge in [0.15, 0.2) is 0 Å². The SMILES string of the molecule is Cc1cccc(CC(=O)N2CCC(=O)CC2)c1. The van der Waals surface area contributed by atoms with E-state index in [4.69, 9.17) is 0 Å². The summed E-state index contributed by atoms with van der Waals surface area (Å²) in [6.07, 6.45) is 1.47. The molecule has 1 fully saturated rings. The molecule has 0 N–H and O–H groups in total. The maximum atomic E-state index is 12.0. The zero-order valence-corrected chi connectivity index (χ0v) is 10.1. The lowest BCUT2D eigenvalue weighted by Crippen LogP contribution is -2.39. The molecule has 0 radical (unpaired) electrons. The summed E-state index contributed by atoms with van der Waals surface area (Å²) in [5.41, 5.74) is 2.22. The number of rotatable bonds is 2. The van der Waals surface area contributed by atoms with Crippen molar-refractivity contribution in [2.24, 2.45) is 0 Å². The first-order chi connectivity index (χ1) is 8.15. The molecular formula is C14H17NO2. The molecule has 3 nitrogen and oxygen atoms in total. The van der Waals surface area contributed by atoms with Crippen LogP contribution >= 0.6 is 0 Å². The third kappa shape index (κ3) is 3.16. The fraction of sp³-hybridized carbons (Fsp3) is 0.429. The topological polar surface area (TPSA) is 37.4 Å². The molecule has 1 amide bonds. The molecule has 0 spiro atoms. The number of benzene rings is 1. The predicted octanol–water partition coefficient (Wildman–Crippen LogP) is 1.73. The second kappa shape index (κ2) is 5.13. The number of carbonyl (C=O) groups excluding carboxylic acids is 2. The highest BCUT2D eigenvalue weighted by Gasteiger charge is 2.20. The van der Waals surface area contributed by atoms with Gasteiger partial charge < -0.3 is 4.90 Å². The summed E-state index contributed by atoms with van der Waals surface area (Å²) >= 11 is 0. The van der Waals surface area contributed by atoms with Gasteiger partial charge in [-0.2, -0.15) is 0 Å². The smallest absolute Gasteiger partial charge is 0.227 e. The molecule has 90 valence electrons. The van der Waals surface area contributed by atoms with E-state index in [1.807, 2.05) is 31.2 Å². The number of ketones is 1. The molecular weight excluding hydrogens is 214 g/mol. The fourth-order valence-electron chi connectivity index (χ4n) is 2.11. The third-order valence-electron chi connectivity index (χ3n) is 3.11. The van der Waals surface area contributed by atoms with Gasteiger partial charge in [0.05, 0.1) is 6.42 Å². The summed E-state index contributed by atoms with van der Waals surface area (Å²) in [5, 5.41) is 0. The van der Waals surface area contributed by atoms with E-state index >= 15 is 0 Å². The van der Waals surface area contributed by atoms with Crippen LogP contribution in [-0.4, -0.2) is 29.7 Å². The quantitative estimate of drug-likeness (QED) is 0.777. The Hall–Kier alpha value is -1.64. The molecule has 1 heterocycles. The van der Waals surface area contributed by atoms with E-state index in [9.17, 15) is 9.59 Å². The van der Waals surface area contributed by atoms with Gasteiger partial charge >= 0.3 is 0 Å². The molecule has 0 unspecified atom stereocenters. The first-order valence-electron chi connectivity index (χ1n) is 6.00. The van der Waals surface area contributed by atoms with Gasteiger partial charge in [-0.05, 0) is 12.5 Å². The molecule has 2 rings (SSSR count). The molecule has 0 saturated carbocycles. The molecule has 1 aliphatic rings. The Kier molecular flexibility index (Phi) is 3.57. The summed E-state index contributed by atoms with van der Waals surface area (Å²) < 4.78 is 0. The number of hydrogen-bond donors (Lipinski definition) is 0. The molecule has 1 aliphatic heterocycles. The van der Waals surface area contributed by atoms with Crippen molar-refractivity contribution in [2.75, 3.05) is 13.1 Å². The minimum absolute atomic E-state index is 0.128. The number of Topliss-reactive ketones (excluding diaryl/α,β-unsaturated/α-hetero) is 1. The number of hydrogen-bond acceptors (Lipinski definition) is 2. The van der Waals surface area contributed by atoms with Crippen molar-refractivity contribution in [3.05, 3.63) is 35.4 Å². The number of amides is 1. The fourth-order valence-corrected chi connectivity index (χ4v) is 2.11. The Morgan fingerprint density at radius 1 is 1.29 bits per heavy atom.